The van der Waals surface area contributed by atoms with Crippen LogP contribution >= 0.6 is 38.5 Å². The number of rotatable bonds is 4. The van der Waals surface area contributed by atoms with Crippen LogP contribution in [0.15, 0.2) is 22.7 Å². The molecule has 0 saturated heterocycles. The summed E-state index contributed by atoms with van der Waals surface area (Å²) in [5.74, 6) is 0.828. The second kappa shape index (κ2) is 5.83. The number of nitrogens with one attached hydrogen (secondary N) is 1. The number of hydrogen-bond acceptors (Lipinski definition) is 1. The molecule has 1 nitrogen and oxygen atoms in total. The molecule has 2 rings (SSSR count). The Morgan fingerprint density at radius 1 is 1.50 bits per heavy atom. The fourth-order valence-corrected chi connectivity index (χ4v) is 3.29. The molecule has 0 heterocycles. The van der Waals surface area contributed by atoms with Crippen LogP contribution in [0.5, 0.6) is 0 Å². The first-order chi connectivity index (χ1) is 7.72. The molecule has 0 amide bonds. The molecule has 1 atom stereocenters. The Bertz CT molecular complexity index is 363. The van der Waals surface area contributed by atoms with Crippen molar-refractivity contribution in [1.82, 2.24) is 5.32 Å². The fraction of sp³-hybridized carbons (Fsp3) is 0.538. The summed E-state index contributed by atoms with van der Waals surface area (Å²) in [4.78, 5) is 0. The summed E-state index contributed by atoms with van der Waals surface area (Å²) < 4.78 is 2.56. The van der Waals surface area contributed by atoms with E-state index in [4.69, 9.17) is 0 Å². The van der Waals surface area contributed by atoms with Gasteiger partial charge in [-0.05, 0) is 71.7 Å². The van der Waals surface area contributed by atoms with Crippen LogP contribution in [0, 0.1) is 9.49 Å². The largest absolute Gasteiger partial charge is 0.310 e. The van der Waals surface area contributed by atoms with E-state index >= 15 is 0 Å². The van der Waals surface area contributed by atoms with Crippen molar-refractivity contribution in [3.05, 3.63) is 31.8 Å². The van der Waals surface area contributed by atoms with E-state index < -0.39 is 0 Å². The van der Waals surface area contributed by atoms with E-state index in [0.29, 0.717) is 6.04 Å². The van der Waals surface area contributed by atoms with Gasteiger partial charge in [0.2, 0.25) is 0 Å². The highest BCUT2D eigenvalue weighted by atomic mass is 127. The molecule has 1 aromatic rings. The van der Waals surface area contributed by atoms with Gasteiger partial charge in [-0.1, -0.05) is 29.3 Å². The molecule has 1 fully saturated rings. The Balaban J connectivity index is 2.25. The summed E-state index contributed by atoms with van der Waals surface area (Å²) in [6.45, 7) is 3.23. The van der Waals surface area contributed by atoms with Crippen molar-refractivity contribution in [3.63, 3.8) is 0 Å². The Morgan fingerprint density at radius 2 is 2.25 bits per heavy atom. The Hall–Kier alpha value is 0.390. The molecule has 1 aliphatic carbocycles. The van der Waals surface area contributed by atoms with Gasteiger partial charge in [0.05, 0.1) is 0 Å². The highest BCUT2D eigenvalue weighted by Crippen LogP contribution is 2.40. The fourth-order valence-electron chi connectivity index (χ4n) is 2.28. The van der Waals surface area contributed by atoms with E-state index in [1.54, 1.807) is 0 Å². The monoisotopic (exact) mass is 393 g/mol. The van der Waals surface area contributed by atoms with Crippen LogP contribution in [0.4, 0.5) is 0 Å². The third-order valence-corrected chi connectivity index (χ3v) is 4.73. The third-order valence-electron chi connectivity index (χ3n) is 3.34. The minimum atomic E-state index is 0.530. The van der Waals surface area contributed by atoms with E-state index in [2.05, 4.69) is 69.0 Å². The van der Waals surface area contributed by atoms with E-state index in [-0.39, 0.29) is 0 Å². The lowest BCUT2D eigenvalue weighted by atomic mass is 9.77. The maximum Gasteiger partial charge on any atom is 0.0360 e. The number of halogens is 2. The van der Waals surface area contributed by atoms with Gasteiger partial charge in [-0.3, -0.25) is 0 Å². The van der Waals surface area contributed by atoms with Crippen LogP contribution in [-0.4, -0.2) is 6.54 Å². The van der Waals surface area contributed by atoms with Gasteiger partial charge in [-0.25, -0.2) is 0 Å². The van der Waals surface area contributed by atoms with Gasteiger partial charge >= 0.3 is 0 Å². The number of benzene rings is 1. The maximum atomic E-state index is 3.68. The molecule has 1 aliphatic rings. The van der Waals surface area contributed by atoms with E-state index in [0.717, 1.165) is 12.5 Å². The Labute approximate surface area is 120 Å². The summed E-state index contributed by atoms with van der Waals surface area (Å²) in [7, 11) is 0. The van der Waals surface area contributed by atoms with E-state index in [9.17, 15) is 0 Å². The zero-order valence-electron chi connectivity index (χ0n) is 9.47. The molecular weight excluding hydrogens is 377 g/mol. The molecular formula is C13H17BrIN. The number of hydrogen-bond donors (Lipinski definition) is 1. The van der Waals surface area contributed by atoms with Crippen molar-refractivity contribution < 1.29 is 0 Å². The molecule has 0 radical (unpaired) electrons. The predicted molar refractivity (Wildman–Crippen MR) is 80.6 cm³/mol. The maximum absolute atomic E-state index is 3.68. The van der Waals surface area contributed by atoms with Crippen LogP contribution in [0.25, 0.3) is 0 Å². The van der Waals surface area contributed by atoms with Gasteiger partial charge < -0.3 is 5.32 Å². The van der Waals surface area contributed by atoms with E-state index in [1.165, 1.54) is 32.9 Å². The molecule has 3 heteroatoms. The van der Waals surface area contributed by atoms with E-state index in [1.807, 2.05) is 0 Å². The van der Waals surface area contributed by atoms with Crippen molar-refractivity contribution in [2.24, 2.45) is 5.92 Å². The van der Waals surface area contributed by atoms with Gasteiger partial charge in [0.1, 0.15) is 0 Å². The van der Waals surface area contributed by atoms with Crippen LogP contribution in [0.1, 0.15) is 37.8 Å². The van der Waals surface area contributed by atoms with Crippen molar-refractivity contribution in [2.75, 3.05) is 6.54 Å². The van der Waals surface area contributed by atoms with Crippen molar-refractivity contribution >= 4 is 38.5 Å². The van der Waals surface area contributed by atoms with Gasteiger partial charge in [-0.15, -0.1) is 0 Å². The molecule has 1 unspecified atom stereocenters. The van der Waals surface area contributed by atoms with Crippen LogP contribution in [-0.2, 0) is 0 Å². The third kappa shape index (κ3) is 2.79. The van der Waals surface area contributed by atoms with Crippen LogP contribution in [0.3, 0.4) is 0 Å². The lowest BCUT2D eigenvalue weighted by molar-refractivity contribution is 0.232. The summed E-state index contributed by atoms with van der Waals surface area (Å²) in [6.07, 6.45) is 4.14. The van der Waals surface area contributed by atoms with Gasteiger partial charge in [0.25, 0.3) is 0 Å². The minimum Gasteiger partial charge on any atom is -0.310 e. The molecule has 1 N–H and O–H groups in total. The molecule has 0 spiro atoms. The lowest BCUT2D eigenvalue weighted by Gasteiger charge is -2.35. The molecule has 16 heavy (non-hydrogen) atoms. The summed E-state index contributed by atoms with van der Waals surface area (Å²) in [6, 6.07) is 7.15. The van der Waals surface area contributed by atoms with Crippen LogP contribution < -0.4 is 5.32 Å². The summed E-state index contributed by atoms with van der Waals surface area (Å²) >= 11 is 6.07. The average molecular weight is 394 g/mol. The summed E-state index contributed by atoms with van der Waals surface area (Å²) in [5.41, 5.74) is 1.43. The SMILES string of the molecule is CCNC(c1cc(I)ccc1Br)C1CCC1. The molecule has 0 aromatic heterocycles. The average Bonchev–Trinajstić information content (AvgIpc) is 2.18. The molecule has 88 valence electrons. The smallest absolute Gasteiger partial charge is 0.0360 e. The standard InChI is InChI=1S/C13H17BrIN/c1-2-16-13(9-4-3-5-9)11-8-10(15)6-7-12(11)14/h6-9,13,16H,2-5H2,1H3. The quantitative estimate of drug-likeness (QED) is 0.742. The van der Waals surface area contributed by atoms with Crippen molar-refractivity contribution in [3.8, 4) is 0 Å². The molecule has 0 aliphatic heterocycles. The first kappa shape index (κ1) is 12.8. The minimum absolute atomic E-state index is 0.530. The van der Waals surface area contributed by atoms with Gasteiger partial charge in [0.15, 0.2) is 0 Å². The second-order valence-electron chi connectivity index (χ2n) is 4.39. The normalized spacial score (nSPS) is 18.2. The molecule has 1 aromatic carbocycles. The zero-order chi connectivity index (χ0) is 11.5. The van der Waals surface area contributed by atoms with Crippen molar-refractivity contribution in [1.29, 1.82) is 0 Å². The molecule has 1 saturated carbocycles. The Morgan fingerprint density at radius 3 is 2.81 bits per heavy atom. The zero-order valence-corrected chi connectivity index (χ0v) is 13.2. The van der Waals surface area contributed by atoms with Crippen LogP contribution in [0.2, 0.25) is 0 Å². The highest BCUT2D eigenvalue weighted by molar-refractivity contribution is 14.1. The molecule has 0 bridgehead atoms. The summed E-state index contributed by atoms with van der Waals surface area (Å²) in [5, 5.41) is 3.64. The Kier molecular flexibility index (Phi) is 4.67. The second-order valence-corrected chi connectivity index (χ2v) is 6.49. The highest BCUT2D eigenvalue weighted by Gasteiger charge is 2.28. The van der Waals surface area contributed by atoms with Gasteiger partial charge in [-0.2, -0.15) is 0 Å². The topological polar surface area (TPSA) is 12.0 Å². The van der Waals surface area contributed by atoms with Crippen molar-refractivity contribution in [2.45, 2.75) is 32.2 Å². The van der Waals surface area contributed by atoms with Gasteiger partial charge in [0, 0.05) is 14.1 Å². The first-order valence-corrected chi connectivity index (χ1v) is 7.78. The first-order valence-electron chi connectivity index (χ1n) is 5.90. The lowest BCUT2D eigenvalue weighted by Crippen LogP contribution is -2.32. The predicted octanol–water partition coefficient (Wildman–Crippen LogP) is 4.50.